The van der Waals surface area contributed by atoms with E-state index in [9.17, 15) is 14.0 Å². The monoisotopic (exact) mass is 389 g/mol. The van der Waals surface area contributed by atoms with Crippen LogP contribution in [0.3, 0.4) is 0 Å². The van der Waals surface area contributed by atoms with E-state index in [0.29, 0.717) is 5.69 Å². The summed E-state index contributed by atoms with van der Waals surface area (Å²) in [5.41, 5.74) is 2.70. The smallest absolute Gasteiger partial charge is 0.331 e. The number of nitrogens with one attached hydrogen (secondary N) is 1. The number of ether oxygens (including phenoxy) is 1. The molecule has 0 saturated heterocycles. The van der Waals surface area contributed by atoms with Gasteiger partial charge in [0.05, 0.1) is 0 Å². The largest absolute Gasteiger partial charge is 0.449 e. The average Bonchev–Trinajstić information content (AvgIpc) is 2.74. The van der Waals surface area contributed by atoms with Gasteiger partial charge >= 0.3 is 5.97 Å². The summed E-state index contributed by atoms with van der Waals surface area (Å²) in [4.78, 5) is 24.5. The van der Waals surface area contributed by atoms with E-state index in [-0.39, 0.29) is 5.56 Å². The van der Waals surface area contributed by atoms with Gasteiger partial charge in [0.25, 0.3) is 5.91 Å². The van der Waals surface area contributed by atoms with Gasteiger partial charge in [0, 0.05) is 22.9 Å². The maximum Gasteiger partial charge on any atom is 0.331 e. The standard InChI is InChI=1S/C24H20FNO3/c1-17(29-23(27)16-15-19-11-5-7-13-21(19)25)24(28)26-22-14-8-6-12-20(22)18-9-3-2-4-10-18/h2-17H,1H3,(H,26,28)/b16-15+/t17-/m1/s1. The third kappa shape index (κ3) is 5.39. The number of amides is 1. The van der Waals surface area contributed by atoms with Crippen LogP contribution in [0.1, 0.15) is 12.5 Å². The predicted octanol–water partition coefficient (Wildman–Crippen LogP) is 5.08. The second kappa shape index (κ2) is 9.46. The first-order chi connectivity index (χ1) is 14.0. The molecule has 3 aromatic rings. The molecule has 0 heterocycles. The average molecular weight is 389 g/mol. The maximum absolute atomic E-state index is 13.6. The number of hydrogen-bond acceptors (Lipinski definition) is 3. The fourth-order valence-corrected chi connectivity index (χ4v) is 2.73. The Morgan fingerprint density at radius 2 is 1.59 bits per heavy atom. The van der Waals surface area contributed by atoms with Crippen molar-refractivity contribution in [2.75, 3.05) is 5.32 Å². The van der Waals surface area contributed by atoms with E-state index in [0.717, 1.165) is 17.2 Å². The zero-order valence-electron chi connectivity index (χ0n) is 15.8. The molecule has 0 unspecified atom stereocenters. The first kappa shape index (κ1) is 20.0. The Morgan fingerprint density at radius 3 is 2.34 bits per heavy atom. The Balaban J connectivity index is 1.64. The molecule has 0 aliphatic rings. The van der Waals surface area contributed by atoms with Gasteiger partial charge in [0.15, 0.2) is 6.10 Å². The first-order valence-corrected chi connectivity index (χ1v) is 9.13. The van der Waals surface area contributed by atoms with Crippen molar-refractivity contribution in [2.45, 2.75) is 13.0 Å². The molecule has 0 bridgehead atoms. The molecule has 3 rings (SSSR count). The molecule has 5 heteroatoms. The number of carbonyl (C=O) groups excluding carboxylic acids is 2. The highest BCUT2D eigenvalue weighted by Gasteiger charge is 2.18. The summed E-state index contributed by atoms with van der Waals surface area (Å²) >= 11 is 0. The van der Waals surface area contributed by atoms with Crippen LogP contribution in [-0.4, -0.2) is 18.0 Å². The lowest BCUT2D eigenvalue weighted by Gasteiger charge is -2.15. The zero-order valence-corrected chi connectivity index (χ0v) is 15.8. The van der Waals surface area contributed by atoms with E-state index < -0.39 is 23.8 Å². The second-order valence-electron chi connectivity index (χ2n) is 6.33. The molecule has 4 nitrogen and oxygen atoms in total. The lowest BCUT2D eigenvalue weighted by Crippen LogP contribution is -2.29. The Labute approximate surface area is 168 Å². The van der Waals surface area contributed by atoms with Crippen LogP contribution in [0.15, 0.2) is 84.9 Å². The molecule has 0 spiro atoms. The Kier molecular flexibility index (Phi) is 6.53. The number of esters is 1. The normalized spacial score (nSPS) is 11.8. The van der Waals surface area contributed by atoms with Gasteiger partial charge in [0.2, 0.25) is 0 Å². The summed E-state index contributed by atoms with van der Waals surface area (Å²) in [6.45, 7) is 1.48. The number of benzene rings is 3. The number of halogens is 1. The summed E-state index contributed by atoms with van der Waals surface area (Å²) in [5, 5.41) is 2.80. The van der Waals surface area contributed by atoms with Gasteiger partial charge in [0.1, 0.15) is 5.82 Å². The molecular formula is C24H20FNO3. The summed E-state index contributed by atoms with van der Waals surface area (Å²) in [6, 6.07) is 23.1. The van der Waals surface area contributed by atoms with Gasteiger partial charge in [-0.15, -0.1) is 0 Å². The van der Waals surface area contributed by atoms with Crippen LogP contribution in [0.25, 0.3) is 17.2 Å². The van der Waals surface area contributed by atoms with Crippen molar-refractivity contribution in [3.05, 3.63) is 96.3 Å². The van der Waals surface area contributed by atoms with Crippen LogP contribution in [0.5, 0.6) is 0 Å². The molecule has 3 aromatic carbocycles. The molecule has 0 radical (unpaired) electrons. The molecule has 146 valence electrons. The van der Waals surface area contributed by atoms with Crippen molar-refractivity contribution in [1.82, 2.24) is 0 Å². The third-order valence-electron chi connectivity index (χ3n) is 4.24. The van der Waals surface area contributed by atoms with Crippen molar-refractivity contribution in [1.29, 1.82) is 0 Å². The number of anilines is 1. The highest BCUT2D eigenvalue weighted by molar-refractivity contribution is 5.99. The first-order valence-electron chi connectivity index (χ1n) is 9.13. The van der Waals surface area contributed by atoms with E-state index in [4.69, 9.17) is 4.74 Å². The summed E-state index contributed by atoms with van der Waals surface area (Å²) in [6.07, 6.45) is 1.39. The molecule has 1 amide bonds. The highest BCUT2D eigenvalue weighted by atomic mass is 19.1. The third-order valence-corrected chi connectivity index (χ3v) is 4.24. The minimum atomic E-state index is -1.02. The molecule has 0 aliphatic heterocycles. The van der Waals surface area contributed by atoms with E-state index in [1.54, 1.807) is 18.2 Å². The van der Waals surface area contributed by atoms with E-state index in [1.165, 1.54) is 25.1 Å². The molecule has 0 saturated carbocycles. The minimum absolute atomic E-state index is 0.262. The highest BCUT2D eigenvalue weighted by Crippen LogP contribution is 2.27. The summed E-state index contributed by atoms with van der Waals surface area (Å²) < 4.78 is 18.7. The van der Waals surface area contributed by atoms with Crippen LogP contribution in [0.2, 0.25) is 0 Å². The van der Waals surface area contributed by atoms with E-state index >= 15 is 0 Å². The fraction of sp³-hybridized carbons (Fsp3) is 0.0833. The van der Waals surface area contributed by atoms with E-state index in [1.807, 2.05) is 48.5 Å². The van der Waals surface area contributed by atoms with Crippen molar-refractivity contribution in [2.24, 2.45) is 0 Å². The number of para-hydroxylation sites is 1. The lowest BCUT2D eigenvalue weighted by molar-refractivity contribution is -0.148. The van der Waals surface area contributed by atoms with Crippen LogP contribution in [0, 0.1) is 5.82 Å². The number of rotatable bonds is 6. The number of hydrogen-bond donors (Lipinski definition) is 1. The molecule has 29 heavy (non-hydrogen) atoms. The van der Waals surface area contributed by atoms with Gasteiger partial charge in [-0.25, -0.2) is 9.18 Å². The Morgan fingerprint density at radius 1 is 0.931 bits per heavy atom. The Hall–Kier alpha value is -3.73. The van der Waals surface area contributed by atoms with Crippen LogP contribution < -0.4 is 5.32 Å². The van der Waals surface area contributed by atoms with Gasteiger partial charge in [-0.05, 0) is 30.7 Å². The van der Waals surface area contributed by atoms with Crippen molar-refractivity contribution >= 4 is 23.6 Å². The topological polar surface area (TPSA) is 55.4 Å². The quantitative estimate of drug-likeness (QED) is 0.473. The Bertz CT molecular complexity index is 1030. The van der Waals surface area contributed by atoms with E-state index in [2.05, 4.69) is 5.32 Å². The lowest BCUT2D eigenvalue weighted by atomic mass is 10.0. The van der Waals surface area contributed by atoms with Crippen molar-refractivity contribution in [3.8, 4) is 11.1 Å². The van der Waals surface area contributed by atoms with Gasteiger partial charge in [-0.1, -0.05) is 66.7 Å². The predicted molar refractivity (Wildman–Crippen MR) is 111 cm³/mol. The molecule has 0 fully saturated rings. The molecule has 1 atom stereocenters. The molecule has 1 N–H and O–H groups in total. The van der Waals surface area contributed by atoms with Gasteiger partial charge in [-0.3, -0.25) is 4.79 Å². The maximum atomic E-state index is 13.6. The van der Waals surface area contributed by atoms with Crippen LogP contribution in [0.4, 0.5) is 10.1 Å². The summed E-state index contributed by atoms with van der Waals surface area (Å²) in [7, 11) is 0. The molecule has 0 aromatic heterocycles. The molecule has 0 aliphatic carbocycles. The molecular weight excluding hydrogens is 369 g/mol. The second-order valence-corrected chi connectivity index (χ2v) is 6.33. The fourth-order valence-electron chi connectivity index (χ4n) is 2.73. The van der Waals surface area contributed by atoms with Gasteiger partial charge in [-0.2, -0.15) is 0 Å². The van der Waals surface area contributed by atoms with Crippen molar-refractivity contribution in [3.63, 3.8) is 0 Å². The van der Waals surface area contributed by atoms with Crippen LogP contribution in [-0.2, 0) is 14.3 Å². The van der Waals surface area contributed by atoms with Crippen LogP contribution >= 0.6 is 0 Å². The summed E-state index contributed by atoms with van der Waals surface area (Å²) in [5.74, 6) is -1.63. The minimum Gasteiger partial charge on any atom is -0.449 e. The number of carbonyl (C=O) groups is 2. The van der Waals surface area contributed by atoms with Crippen molar-refractivity contribution < 1.29 is 18.7 Å². The zero-order chi connectivity index (χ0) is 20.6. The SMILES string of the molecule is C[C@@H](OC(=O)/C=C/c1ccccc1F)C(=O)Nc1ccccc1-c1ccccc1. The van der Waals surface area contributed by atoms with Gasteiger partial charge < -0.3 is 10.1 Å².